The Morgan fingerprint density at radius 1 is 1.28 bits per heavy atom. The van der Waals surface area contributed by atoms with E-state index in [0.717, 1.165) is 48.6 Å². The van der Waals surface area contributed by atoms with Crippen LogP contribution < -0.4 is 0 Å². The zero-order valence-electron chi connectivity index (χ0n) is 14.1. The summed E-state index contributed by atoms with van der Waals surface area (Å²) in [6.45, 7) is 3.63. The van der Waals surface area contributed by atoms with E-state index in [1.54, 1.807) is 23.7 Å². The first kappa shape index (κ1) is 16.0. The largest absolute Gasteiger partial charge is 0.337 e. The number of aromatic nitrogens is 3. The van der Waals surface area contributed by atoms with E-state index in [4.69, 9.17) is 0 Å². The second kappa shape index (κ2) is 6.80. The number of piperidine rings is 1. The SMILES string of the molecule is Cc1cnc(-c2ccncc2)n1C1CCCN(C(=O)c2ccsc2)C1. The fourth-order valence-electron chi connectivity index (χ4n) is 3.54. The van der Waals surface area contributed by atoms with Crippen LogP contribution in [0.3, 0.4) is 0 Å². The van der Waals surface area contributed by atoms with Crippen LogP contribution in [0.1, 0.15) is 34.9 Å². The van der Waals surface area contributed by atoms with Crippen molar-refractivity contribution in [1.82, 2.24) is 19.4 Å². The molecule has 0 spiro atoms. The van der Waals surface area contributed by atoms with Crippen molar-refractivity contribution in [3.63, 3.8) is 0 Å². The Kier molecular flexibility index (Phi) is 4.36. The molecule has 1 amide bonds. The van der Waals surface area contributed by atoms with Gasteiger partial charge in [-0.2, -0.15) is 11.3 Å². The molecule has 0 N–H and O–H groups in total. The van der Waals surface area contributed by atoms with Gasteiger partial charge in [-0.15, -0.1) is 0 Å². The summed E-state index contributed by atoms with van der Waals surface area (Å²) in [5.74, 6) is 1.09. The van der Waals surface area contributed by atoms with Crippen molar-refractivity contribution in [3.05, 3.63) is 58.8 Å². The van der Waals surface area contributed by atoms with Crippen LogP contribution in [0.25, 0.3) is 11.4 Å². The second-order valence-electron chi connectivity index (χ2n) is 6.39. The molecule has 6 heteroatoms. The molecule has 4 heterocycles. The number of nitrogens with zero attached hydrogens (tertiary/aromatic N) is 4. The molecule has 5 nitrogen and oxygen atoms in total. The van der Waals surface area contributed by atoms with E-state index in [2.05, 4.69) is 21.5 Å². The van der Waals surface area contributed by atoms with E-state index in [1.807, 2.05) is 40.1 Å². The van der Waals surface area contributed by atoms with Crippen LogP contribution in [0, 0.1) is 6.92 Å². The van der Waals surface area contributed by atoms with E-state index in [9.17, 15) is 4.79 Å². The Balaban J connectivity index is 1.62. The minimum absolute atomic E-state index is 0.133. The highest BCUT2D eigenvalue weighted by Crippen LogP contribution is 2.29. The number of hydrogen-bond acceptors (Lipinski definition) is 4. The zero-order valence-corrected chi connectivity index (χ0v) is 14.9. The van der Waals surface area contributed by atoms with Gasteiger partial charge in [0.1, 0.15) is 5.82 Å². The van der Waals surface area contributed by atoms with Crippen molar-refractivity contribution in [3.8, 4) is 11.4 Å². The Labute approximate surface area is 151 Å². The summed E-state index contributed by atoms with van der Waals surface area (Å²) in [4.78, 5) is 23.4. The maximum absolute atomic E-state index is 12.7. The first-order valence-corrected chi connectivity index (χ1v) is 9.44. The predicted molar refractivity (Wildman–Crippen MR) is 98.7 cm³/mol. The standard InChI is InChI=1S/C19H20N4OS/c1-14-11-21-18(15-4-7-20-8-5-15)23(14)17-3-2-9-22(12-17)19(24)16-6-10-25-13-16/h4-8,10-11,13,17H,2-3,9,12H2,1H3. The molecule has 25 heavy (non-hydrogen) atoms. The minimum atomic E-state index is 0.133. The molecule has 1 atom stereocenters. The third-order valence-electron chi connectivity index (χ3n) is 4.74. The topological polar surface area (TPSA) is 51.0 Å². The van der Waals surface area contributed by atoms with Crippen molar-refractivity contribution in [2.24, 2.45) is 0 Å². The van der Waals surface area contributed by atoms with E-state index in [0.29, 0.717) is 0 Å². The molecule has 0 bridgehead atoms. The van der Waals surface area contributed by atoms with Crippen molar-refractivity contribution in [2.75, 3.05) is 13.1 Å². The highest BCUT2D eigenvalue weighted by molar-refractivity contribution is 7.08. The van der Waals surface area contributed by atoms with E-state index >= 15 is 0 Å². The van der Waals surface area contributed by atoms with E-state index in [1.165, 1.54) is 0 Å². The normalized spacial score (nSPS) is 17.6. The first-order valence-electron chi connectivity index (χ1n) is 8.50. The molecule has 0 radical (unpaired) electrons. The predicted octanol–water partition coefficient (Wildman–Crippen LogP) is 3.79. The van der Waals surface area contributed by atoms with Crippen LogP contribution in [0.5, 0.6) is 0 Å². The lowest BCUT2D eigenvalue weighted by Crippen LogP contribution is -2.40. The monoisotopic (exact) mass is 352 g/mol. The summed E-state index contributed by atoms with van der Waals surface area (Å²) in [5.41, 5.74) is 2.98. The molecule has 1 unspecified atom stereocenters. The van der Waals surface area contributed by atoms with Crippen LogP contribution in [0.2, 0.25) is 0 Å². The number of amides is 1. The molecule has 3 aromatic rings. The number of aryl methyl sites for hydroxylation is 1. The van der Waals surface area contributed by atoms with Crippen LogP contribution in [0.15, 0.2) is 47.5 Å². The Hall–Kier alpha value is -2.47. The molecule has 1 aliphatic heterocycles. The van der Waals surface area contributed by atoms with Gasteiger partial charge in [0.15, 0.2) is 0 Å². The Morgan fingerprint density at radius 3 is 2.88 bits per heavy atom. The fraction of sp³-hybridized carbons (Fsp3) is 0.316. The number of rotatable bonds is 3. The molecular weight excluding hydrogens is 332 g/mol. The number of thiophene rings is 1. The van der Waals surface area contributed by atoms with Gasteiger partial charge in [-0.1, -0.05) is 0 Å². The lowest BCUT2D eigenvalue weighted by atomic mass is 10.0. The summed E-state index contributed by atoms with van der Waals surface area (Å²) in [7, 11) is 0. The van der Waals surface area contributed by atoms with Crippen LogP contribution in [-0.2, 0) is 0 Å². The molecular formula is C19H20N4OS. The molecule has 1 saturated heterocycles. The van der Waals surface area contributed by atoms with Gasteiger partial charge in [-0.3, -0.25) is 9.78 Å². The van der Waals surface area contributed by atoms with Crippen molar-refractivity contribution < 1.29 is 4.79 Å². The summed E-state index contributed by atoms with van der Waals surface area (Å²) in [5, 5.41) is 3.88. The molecule has 1 fully saturated rings. The van der Waals surface area contributed by atoms with Crippen molar-refractivity contribution in [2.45, 2.75) is 25.8 Å². The molecule has 0 saturated carbocycles. The van der Waals surface area contributed by atoms with E-state index < -0.39 is 0 Å². The van der Waals surface area contributed by atoms with Gasteiger partial charge in [0.05, 0.1) is 11.6 Å². The average molecular weight is 352 g/mol. The number of imidazole rings is 1. The number of pyridine rings is 1. The van der Waals surface area contributed by atoms with Gasteiger partial charge in [0, 0.05) is 48.3 Å². The lowest BCUT2D eigenvalue weighted by Gasteiger charge is -2.34. The molecule has 1 aliphatic rings. The maximum Gasteiger partial charge on any atom is 0.254 e. The van der Waals surface area contributed by atoms with Gasteiger partial charge in [-0.25, -0.2) is 4.98 Å². The van der Waals surface area contributed by atoms with E-state index in [-0.39, 0.29) is 11.9 Å². The van der Waals surface area contributed by atoms with Gasteiger partial charge >= 0.3 is 0 Å². The number of carbonyl (C=O) groups is 1. The third-order valence-corrected chi connectivity index (χ3v) is 5.42. The molecule has 0 aromatic carbocycles. The molecule has 4 rings (SSSR count). The highest BCUT2D eigenvalue weighted by atomic mass is 32.1. The Bertz CT molecular complexity index is 857. The lowest BCUT2D eigenvalue weighted by molar-refractivity contribution is 0.0679. The third kappa shape index (κ3) is 3.09. The van der Waals surface area contributed by atoms with Crippen molar-refractivity contribution in [1.29, 1.82) is 0 Å². The smallest absolute Gasteiger partial charge is 0.254 e. The number of hydrogen-bond donors (Lipinski definition) is 0. The second-order valence-corrected chi connectivity index (χ2v) is 7.17. The number of carbonyl (C=O) groups excluding carboxylic acids is 1. The zero-order chi connectivity index (χ0) is 17.2. The summed E-state index contributed by atoms with van der Waals surface area (Å²) >= 11 is 1.56. The average Bonchev–Trinajstić information content (AvgIpc) is 3.32. The van der Waals surface area contributed by atoms with Gasteiger partial charge in [0.2, 0.25) is 0 Å². The van der Waals surface area contributed by atoms with Gasteiger partial charge < -0.3 is 9.47 Å². The molecule has 128 valence electrons. The molecule has 0 aliphatic carbocycles. The van der Waals surface area contributed by atoms with Crippen molar-refractivity contribution >= 4 is 17.2 Å². The Morgan fingerprint density at radius 2 is 2.12 bits per heavy atom. The maximum atomic E-state index is 12.7. The fourth-order valence-corrected chi connectivity index (χ4v) is 4.17. The van der Waals surface area contributed by atoms with Crippen LogP contribution in [-0.4, -0.2) is 38.4 Å². The van der Waals surface area contributed by atoms with Crippen LogP contribution >= 0.6 is 11.3 Å². The minimum Gasteiger partial charge on any atom is -0.337 e. The highest BCUT2D eigenvalue weighted by Gasteiger charge is 2.28. The summed E-state index contributed by atoms with van der Waals surface area (Å²) in [6.07, 6.45) is 7.56. The summed E-state index contributed by atoms with van der Waals surface area (Å²) in [6, 6.07) is 6.12. The summed E-state index contributed by atoms with van der Waals surface area (Å²) < 4.78 is 2.28. The van der Waals surface area contributed by atoms with Gasteiger partial charge in [-0.05, 0) is 43.3 Å². The first-order chi connectivity index (χ1) is 12.2. The van der Waals surface area contributed by atoms with Crippen LogP contribution in [0.4, 0.5) is 0 Å². The van der Waals surface area contributed by atoms with Gasteiger partial charge in [0.25, 0.3) is 5.91 Å². The number of likely N-dealkylation sites (tertiary alicyclic amines) is 1. The molecule has 3 aromatic heterocycles. The quantitative estimate of drug-likeness (QED) is 0.720.